The van der Waals surface area contributed by atoms with E-state index in [1.54, 1.807) is 41.9 Å². The number of hydrogen-bond acceptors (Lipinski definition) is 6. The Morgan fingerprint density at radius 2 is 1.80 bits per heavy atom. The summed E-state index contributed by atoms with van der Waals surface area (Å²) in [6, 6.07) is 10.9. The fourth-order valence-corrected chi connectivity index (χ4v) is 3.65. The van der Waals surface area contributed by atoms with Crippen LogP contribution in [0, 0.1) is 13.8 Å². The Labute approximate surface area is 208 Å². The van der Waals surface area contributed by atoms with Crippen molar-refractivity contribution in [2.45, 2.75) is 33.7 Å². The van der Waals surface area contributed by atoms with Gasteiger partial charge in [-0.1, -0.05) is 11.6 Å². The van der Waals surface area contributed by atoms with E-state index in [0.717, 1.165) is 11.4 Å². The number of ether oxygens (including phenoxy) is 2. The Morgan fingerprint density at radius 3 is 2.40 bits per heavy atom. The van der Waals surface area contributed by atoms with Crippen LogP contribution in [-0.2, 0) is 9.59 Å². The summed E-state index contributed by atoms with van der Waals surface area (Å²) in [6.07, 6.45) is 0. The summed E-state index contributed by atoms with van der Waals surface area (Å²) in [7, 11) is 1.45. The van der Waals surface area contributed by atoms with E-state index in [0.29, 0.717) is 28.4 Å². The first-order valence-electron chi connectivity index (χ1n) is 10.8. The third kappa shape index (κ3) is 6.39. The van der Waals surface area contributed by atoms with E-state index in [2.05, 4.69) is 15.7 Å². The highest BCUT2D eigenvalue weighted by Gasteiger charge is 2.19. The Kier molecular flexibility index (Phi) is 8.14. The minimum Gasteiger partial charge on any atom is -0.493 e. The Morgan fingerprint density at radius 1 is 1.06 bits per heavy atom. The number of anilines is 2. The van der Waals surface area contributed by atoms with Crippen LogP contribution in [0.1, 0.15) is 41.6 Å². The molecule has 0 aliphatic heterocycles. The SMILES string of the molecule is COc1cc(C(C)=O)ccc1OCC(=O)Nc1ccc(NC(=O)C(C)n2nc(C)cc2C)c(Cl)c1. The van der Waals surface area contributed by atoms with Crippen molar-refractivity contribution in [1.29, 1.82) is 0 Å². The molecule has 9 nitrogen and oxygen atoms in total. The van der Waals surface area contributed by atoms with Crippen LogP contribution in [0.4, 0.5) is 11.4 Å². The predicted molar refractivity (Wildman–Crippen MR) is 134 cm³/mol. The highest BCUT2D eigenvalue weighted by molar-refractivity contribution is 6.34. The lowest BCUT2D eigenvalue weighted by molar-refractivity contribution is -0.119. The maximum absolute atomic E-state index is 12.7. The van der Waals surface area contributed by atoms with E-state index in [4.69, 9.17) is 21.1 Å². The van der Waals surface area contributed by atoms with Crippen molar-refractivity contribution in [3.05, 3.63) is 64.4 Å². The second-order valence-corrected chi connectivity index (χ2v) is 8.40. The molecule has 0 aliphatic rings. The first-order valence-corrected chi connectivity index (χ1v) is 11.2. The van der Waals surface area contributed by atoms with Crippen LogP contribution >= 0.6 is 11.6 Å². The lowest BCUT2D eigenvalue weighted by Crippen LogP contribution is -2.25. The molecular weight excluding hydrogens is 472 g/mol. The summed E-state index contributed by atoms with van der Waals surface area (Å²) in [5, 5.41) is 10.1. The van der Waals surface area contributed by atoms with Gasteiger partial charge in [-0.15, -0.1) is 0 Å². The molecule has 1 atom stereocenters. The zero-order valence-corrected chi connectivity index (χ0v) is 20.9. The molecule has 0 fully saturated rings. The van der Waals surface area contributed by atoms with Crippen molar-refractivity contribution in [2.75, 3.05) is 24.4 Å². The molecule has 1 unspecified atom stereocenters. The molecule has 0 radical (unpaired) electrons. The molecule has 1 aromatic heterocycles. The van der Waals surface area contributed by atoms with Crippen molar-refractivity contribution in [2.24, 2.45) is 0 Å². The van der Waals surface area contributed by atoms with Crippen LogP contribution in [-0.4, -0.2) is 41.1 Å². The molecule has 0 saturated carbocycles. The monoisotopic (exact) mass is 498 g/mol. The third-order valence-corrected chi connectivity index (χ3v) is 5.54. The molecule has 0 spiro atoms. The molecule has 0 saturated heterocycles. The number of methoxy groups -OCH3 is 1. The largest absolute Gasteiger partial charge is 0.493 e. The molecule has 1 heterocycles. The normalized spacial score (nSPS) is 11.5. The second-order valence-electron chi connectivity index (χ2n) is 7.99. The topological polar surface area (TPSA) is 112 Å². The summed E-state index contributed by atoms with van der Waals surface area (Å²) in [5.41, 5.74) is 3.03. The van der Waals surface area contributed by atoms with Gasteiger partial charge in [0, 0.05) is 16.9 Å². The molecule has 0 aliphatic carbocycles. The fraction of sp³-hybridized carbons (Fsp3) is 0.280. The number of amides is 2. The number of aromatic nitrogens is 2. The maximum atomic E-state index is 12.7. The number of nitrogens with one attached hydrogen (secondary N) is 2. The number of aryl methyl sites for hydroxylation is 2. The van der Waals surface area contributed by atoms with E-state index in [-0.39, 0.29) is 23.3 Å². The molecule has 3 aromatic rings. The van der Waals surface area contributed by atoms with Crippen molar-refractivity contribution < 1.29 is 23.9 Å². The van der Waals surface area contributed by atoms with Crippen molar-refractivity contribution in [1.82, 2.24) is 9.78 Å². The van der Waals surface area contributed by atoms with Crippen LogP contribution in [0.25, 0.3) is 0 Å². The quantitative estimate of drug-likeness (QED) is 0.418. The Balaban J connectivity index is 1.59. The minimum atomic E-state index is -0.530. The third-order valence-electron chi connectivity index (χ3n) is 5.23. The first kappa shape index (κ1) is 25.8. The highest BCUT2D eigenvalue weighted by Crippen LogP contribution is 2.29. The Bertz CT molecular complexity index is 1270. The summed E-state index contributed by atoms with van der Waals surface area (Å²) in [6.45, 7) is 6.66. The number of carbonyl (C=O) groups is 3. The average molecular weight is 499 g/mol. The van der Waals surface area contributed by atoms with E-state index < -0.39 is 11.9 Å². The van der Waals surface area contributed by atoms with E-state index in [1.165, 1.54) is 20.1 Å². The number of ketones is 1. The van der Waals surface area contributed by atoms with Gasteiger partial charge in [-0.2, -0.15) is 5.10 Å². The highest BCUT2D eigenvalue weighted by atomic mass is 35.5. The number of benzene rings is 2. The number of carbonyl (C=O) groups excluding carboxylic acids is 3. The summed E-state index contributed by atoms with van der Waals surface area (Å²) < 4.78 is 12.4. The van der Waals surface area contributed by atoms with Gasteiger partial charge in [-0.05, 0) is 70.2 Å². The van der Waals surface area contributed by atoms with Gasteiger partial charge in [0.2, 0.25) is 5.91 Å². The predicted octanol–water partition coefficient (Wildman–Crippen LogP) is 4.58. The molecule has 0 bridgehead atoms. The van der Waals surface area contributed by atoms with Gasteiger partial charge in [0.25, 0.3) is 5.91 Å². The summed E-state index contributed by atoms with van der Waals surface area (Å²) >= 11 is 6.33. The van der Waals surface area contributed by atoms with E-state index in [1.807, 2.05) is 19.9 Å². The molecule has 2 N–H and O–H groups in total. The van der Waals surface area contributed by atoms with Gasteiger partial charge in [0.05, 0.1) is 23.5 Å². The minimum absolute atomic E-state index is 0.106. The summed E-state index contributed by atoms with van der Waals surface area (Å²) in [4.78, 5) is 36.6. The lowest BCUT2D eigenvalue weighted by Gasteiger charge is -2.16. The van der Waals surface area contributed by atoms with Gasteiger partial charge in [-0.25, -0.2) is 0 Å². The van der Waals surface area contributed by atoms with Crippen LogP contribution in [0.5, 0.6) is 11.5 Å². The second kappa shape index (κ2) is 11.1. The number of Topliss-reactive ketones (excluding diaryl/α,β-unsaturated/α-hetero) is 1. The zero-order chi connectivity index (χ0) is 25.7. The number of hydrogen-bond donors (Lipinski definition) is 2. The zero-order valence-electron chi connectivity index (χ0n) is 20.1. The van der Waals surface area contributed by atoms with E-state index >= 15 is 0 Å². The van der Waals surface area contributed by atoms with Gasteiger partial charge in [0.1, 0.15) is 6.04 Å². The smallest absolute Gasteiger partial charge is 0.262 e. The van der Waals surface area contributed by atoms with Gasteiger partial charge in [-0.3, -0.25) is 19.1 Å². The van der Waals surface area contributed by atoms with Crippen LogP contribution in [0.3, 0.4) is 0 Å². The lowest BCUT2D eigenvalue weighted by atomic mass is 10.1. The van der Waals surface area contributed by atoms with Gasteiger partial charge in [0.15, 0.2) is 23.9 Å². The van der Waals surface area contributed by atoms with Gasteiger partial charge >= 0.3 is 0 Å². The molecule has 2 amide bonds. The fourth-order valence-electron chi connectivity index (χ4n) is 3.43. The number of halogens is 1. The molecule has 3 rings (SSSR count). The van der Waals surface area contributed by atoms with Crippen molar-refractivity contribution in [3.63, 3.8) is 0 Å². The van der Waals surface area contributed by atoms with Crippen molar-refractivity contribution >= 4 is 40.6 Å². The molecule has 10 heteroatoms. The molecular formula is C25H27ClN4O5. The molecule has 184 valence electrons. The first-order chi connectivity index (χ1) is 16.6. The van der Waals surface area contributed by atoms with Crippen LogP contribution in [0.15, 0.2) is 42.5 Å². The standard InChI is InChI=1S/C25H27ClN4O5/c1-14-10-15(2)30(29-14)16(3)25(33)28-21-8-7-19(12-20(21)26)27-24(32)13-35-22-9-6-18(17(4)31)11-23(22)34-5/h6-12,16H,13H2,1-5H3,(H,27,32)(H,28,33). The van der Waals surface area contributed by atoms with E-state index in [9.17, 15) is 14.4 Å². The maximum Gasteiger partial charge on any atom is 0.262 e. The molecule has 35 heavy (non-hydrogen) atoms. The Hall–Kier alpha value is -3.85. The van der Waals surface area contributed by atoms with Crippen LogP contribution < -0.4 is 20.1 Å². The van der Waals surface area contributed by atoms with Gasteiger partial charge < -0.3 is 20.1 Å². The van der Waals surface area contributed by atoms with Crippen LogP contribution in [0.2, 0.25) is 5.02 Å². The average Bonchev–Trinajstić information content (AvgIpc) is 3.16. The molecule has 2 aromatic carbocycles. The summed E-state index contributed by atoms with van der Waals surface area (Å²) in [5.74, 6) is -0.115. The van der Waals surface area contributed by atoms with Crippen molar-refractivity contribution in [3.8, 4) is 11.5 Å². The number of rotatable bonds is 9. The number of nitrogens with zero attached hydrogens (tertiary/aromatic N) is 2.